The van der Waals surface area contributed by atoms with Crippen LogP contribution in [0.2, 0.25) is 0 Å². The number of halogens is 1. The lowest BCUT2D eigenvalue weighted by atomic mass is 10.1. The summed E-state index contributed by atoms with van der Waals surface area (Å²) in [5.41, 5.74) is -0.0908. The molecule has 0 radical (unpaired) electrons. The summed E-state index contributed by atoms with van der Waals surface area (Å²) in [7, 11) is 0. The molecule has 6 heteroatoms. The van der Waals surface area contributed by atoms with Crippen molar-refractivity contribution < 1.29 is 9.18 Å². The zero-order valence-corrected chi connectivity index (χ0v) is 9.64. The predicted molar refractivity (Wildman–Crippen MR) is 60.5 cm³/mol. The number of hydrogen-bond donors (Lipinski definition) is 1. The van der Waals surface area contributed by atoms with Crippen LogP contribution in [0.4, 0.5) is 4.39 Å². The first-order valence-corrected chi connectivity index (χ1v) is 5.20. The van der Waals surface area contributed by atoms with Gasteiger partial charge in [0.15, 0.2) is 5.65 Å². The zero-order chi connectivity index (χ0) is 12.5. The van der Waals surface area contributed by atoms with Gasteiger partial charge in [0.1, 0.15) is 12.2 Å². The van der Waals surface area contributed by atoms with Gasteiger partial charge in [0.05, 0.1) is 11.7 Å². The Hall–Kier alpha value is -1.98. The van der Waals surface area contributed by atoms with Gasteiger partial charge in [-0.2, -0.15) is 5.10 Å². The summed E-state index contributed by atoms with van der Waals surface area (Å²) in [4.78, 5) is 16.0. The summed E-state index contributed by atoms with van der Waals surface area (Å²) in [5, 5.41) is 6.59. The van der Waals surface area contributed by atoms with Crippen LogP contribution in [0, 0.1) is 0 Å². The molecule has 0 spiro atoms. The monoisotopic (exact) mass is 236 g/mol. The summed E-state index contributed by atoms with van der Waals surface area (Å²) < 4.78 is 14.1. The minimum atomic E-state index is -0.889. The normalized spacial score (nSPS) is 11.7. The predicted octanol–water partition coefficient (Wildman–Crippen LogP) is 1.21. The standard InChI is InChI=1S/C11H13FN4O/c1-11(2,7-12)15-10(17)8-6-14-16-5-3-4-13-9(8)16/h3-6H,7H2,1-2H3,(H,15,17). The molecule has 0 atom stereocenters. The lowest BCUT2D eigenvalue weighted by molar-refractivity contribution is 0.0901. The first kappa shape index (κ1) is 11.5. The van der Waals surface area contributed by atoms with Gasteiger partial charge in [-0.25, -0.2) is 13.9 Å². The molecule has 2 rings (SSSR count). The van der Waals surface area contributed by atoms with E-state index in [1.54, 1.807) is 32.3 Å². The van der Waals surface area contributed by atoms with E-state index in [0.29, 0.717) is 11.2 Å². The summed E-state index contributed by atoms with van der Waals surface area (Å²) in [6.45, 7) is 2.60. The van der Waals surface area contributed by atoms with Gasteiger partial charge >= 0.3 is 0 Å². The number of alkyl halides is 1. The Morgan fingerprint density at radius 2 is 2.35 bits per heavy atom. The van der Waals surface area contributed by atoms with E-state index in [9.17, 15) is 9.18 Å². The second kappa shape index (κ2) is 4.12. The molecule has 0 aliphatic rings. The molecule has 5 nitrogen and oxygen atoms in total. The highest BCUT2D eigenvalue weighted by molar-refractivity contribution is 5.99. The highest BCUT2D eigenvalue weighted by Crippen LogP contribution is 2.10. The molecule has 2 aromatic rings. The molecule has 0 aliphatic carbocycles. The quantitative estimate of drug-likeness (QED) is 0.871. The summed E-state index contributed by atoms with van der Waals surface area (Å²) in [6.07, 6.45) is 4.69. The third-order valence-corrected chi connectivity index (χ3v) is 2.31. The molecule has 1 N–H and O–H groups in total. The van der Waals surface area contributed by atoms with Crippen LogP contribution < -0.4 is 5.32 Å². The van der Waals surface area contributed by atoms with Crippen LogP contribution in [0.1, 0.15) is 24.2 Å². The molecule has 0 aliphatic heterocycles. The lowest BCUT2D eigenvalue weighted by Gasteiger charge is -2.21. The topological polar surface area (TPSA) is 59.3 Å². The highest BCUT2D eigenvalue weighted by atomic mass is 19.1. The Kier molecular flexibility index (Phi) is 2.79. The summed E-state index contributed by atoms with van der Waals surface area (Å²) in [6, 6.07) is 1.72. The maximum absolute atomic E-state index is 12.6. The minimum Gasteiger partial charge on any atom is -0.344 e. The number of rotatable bonds is 3. The molecule has 0 saturated carbocycles. The fraction of sp³-hybridized carbons (Fsp3) is 0.364. The van der Waals surface area contributed by atoms with Crippen LogP contribution in [-0.2, 0) is 0 Å². The maximum atomic E-state index is 12.6. The van der Waals surface area contributed by atoms with Gasteiger partial charge in [0, 0.05) is 12.4 Å². The molecule has 2 heterocycles. The number of carbonyl (C=O) groups is 1. The average Bonchev–Trinajstić information content (AvgIpc) is 2.72. The molecule has 0 fully saturated rings. The van der Waals surface area contributed by atoms with Gasteiger partial charge in [-0.3, -0.25) is 4.79 Å². The van der Waals surface area contributed by atoms with Crippen molar-refractivity contribution in [3.63, 3.8) is 0 Å². The van der Waals surface area contributed by atoms with Gasteiger partial charge in [0.2, 0.25) is 0 Å². The number of nitrogens with zero attached hydrogens (tertiary/aromatic N) is 3. The van der Waals surface area contributed by atoms with E-state index in [0.717, 1.165) is 0 Å². The largest absolute Gasteiger partial charge is 0.344 e. The van der Waals surface area contributed by atoms with Crippen molar-refractivity contribution in [3.05, 3.63) is 30.2 Å². The highest BCUT2D eigenvalue weighted by Gasteiger charge is 2.23. The minimum absolute atomic E-state index is 0.340. The van der Waals surface area contributed by atoms with Crippen LogP contribution in [-0.4, -0.2) is 32.7 Å². The Labute approximate surface area is 97.7 Å². The van der Waals surface area contributed by atoms with Gasteiger partial charge in [-0.05, 0) is 19.9 Å². The van der Waals surface area contributed by atoms with Crippen molar-refractivity contribution in [3.8, 4) is 0 Å². The first-order valence-electron chi connectivity index (χ1n) is 5.20. The first-order chi connectivity index (χ1) is 8.03. The molecule has 0 unspecified atom stereocenters. The van der Waals surface area contributed by atoms with Crippen LogP contribution in [0.15, 0.2) is 24.7 Å². The molecular weight excluding hydrogens is 223 g/mol. The third-order valence-electron chi connectivity index (χ3n) is 2.31. The van der Waals surface area contributed by atoms with Crippen molar-refractivity contribution in [1.29, 1.82) is 0 Å². The lowest BCUT2D eigenvalue weighted by Crippen LogP contribution is -2.45. The average molecular weight is 236 g/mol. The molecule has 90 valence electrons. The molecule has 17 heavy (non-hydrogen) atoms. The third kappa shape index (κ3) is 2.25. The second-order valence-electron chi connectivity index (χ2n) is 4.42. The fourth-order valence-corrected chi connectivity index (χ4v) is 1.40. The smallest absolute Gasteiger partial charge is 0.257 e. The second-order valence-corrected chi connectivity index (χ2v) is 4.42. The van der Waals surface area contributed by atoms with Crippen molar-refractivity contribution in [1.82, 2.24) is 19.9 Å². The Morgan fingerprint density at radius 3 is 3.06 bits per heavy atom. The fourth-order valence-electron chi connectivity index (χ4n) is 1.40. The van der Waals surface area contributed by atoms with Crippen LogP contribution in [0.5, 0.6) is 0 Å². The van der Waals surface area contributed by atoms with E-state index in [4.69, 9.17) is 0 Å². The van der Waals surface area contributed by atoms with Crippen molar-refractivity contribution >= 4 is 11.6 Å². The van der Waals surface area contributed by atoms with Crippen molar-refractivity contribution in [2.24, 2.45) is 0 Å². The van der Waals surface area contributed by atoms with E-state index in [1.807, 2.05) is 0 Å². The zero-order valence-electron chi connectivity index (χ0n) is 9.64. The number of fused-ring (bicyclic) bond motifs is 1. The number of amides is 1. The SMILES string of the molecule is CC(C)(CF)NC(=O)c1cnn2cccnc12. The number of hydrogen-bond acceptors (Lipinski definition) is 3. The van der Waals surface area contributed by atoms with E-state index in [1.165, 1.54) is 10.7 Å². The van der Waals surface area contributed by atoms with E-state index in [2.05, 4.69) is 15.4 Å². The van der Waals surface area contributed by atoms with Gasteiger partial charge in [-0.15, -0.1) is 0 Å². The molecule has 0 saturated heterocycles. The Morgan fingerprint density at radius 1 is 1.59 bits per heavy atom. The van der Waals surface area contributed by atoms with Crippen LogP contribution >= 0.6 is 0 Å². The molecule has 1 amide bonds. The Bertz CT molecular complexity index is 549. The van der Waals surface area contributed by atoms with E-state index in [-0.39, 0.29) is 5.91 Å². The summed E-state index contributed by atoms with van der Waals surface area (Å²) >= 11 is 0. The van der Waals surface area contributed by atoms with Crippen molar-refractivity contribution in [2.45, 2.75) is 19.4 Å². The van der Waals surface area contributed by atoms with Crippen LogP contribution in [0.3, 0.4) is 0 Å². The van der Waals surface area contributed by atoms with Gasteiger partial charge in [-0.1, -0.05) is 0 Å². The number of aromatic nitrogens is 3. The summed E-state index contributed by atoms with van der Waals surface area (Å²) in [5.74, 6) is -0.374. The van der Waals surface area contributed by atoms with Crippen LogP contribution in [0.25, 0.3) is 5.65 Å². The number of carbonyl (C=O) groups excluding carboxylic acids is 1. The van der Waals surface area contributed by atoms with Gasteiger partial charge < -0.3 is 5.32 Å². The molecule has 0 bridgehead atoms. The van der Waals surface area contributed by atoms with E-state index >= 15 is 0 Å². The molecule has 0 aromatic carbocycles. The molecular formula is C11H13FN4O. The van der Waals surface area contributed by atoms with E-state index < -0.39 is 12.2 Å². The molecule has 2 aromatic heterocycles. The maximum Gasteiger partial charge on any atom is 0.257 e. The van der Waals surface area contributed by atoms with Crippen molar-refractivity contribution in [2.75, 3.05) is 6.67 Å². The number of nitrogens with one attached hydrogen (secondary N) is 1. The van der Waals surface area contributed by atoms with Gasteiger partial charge in [0.25, 0.3) is 5.91 Å². The Balaban J connectivity index is 2.31.